The molecule has 0 amide bonds. The molecule has 1 aliphatic heterocycles. The molecule has 3 nitrogen and oxygen atoms in total. The topological polar surface area (TPSA) is 47.6 Å². The fourth-order valence-corrected chi connectivity index (χ4v) is 1.48. The van der Waals surface area contributed by atoms with Gasteiger partial charge in [-0.3, -0.25) is 0 Å². The Hall–Kier alpha value is -1.65. The quantitative estimate of drug-likeness (QED) is 0.801. The van der Waals surface area contributed by atoms with E-state index in [1.807, 2.05) is 0 Å². The molecule has 15 heavy (non-hydrogen) atoms. The number of halogens is 2. The van der Waals surface area contributed by atoms with Gasteiger partial charge in [-0.05, 0) is 24.1 Å². The zero-order valence-corrected chi connectivity index (χ0v) is 7.91. The minimum atomic E-state index is -0.844. The Balaban J connectivity index is 2.08. The first-order chi connectivity index (χ1) is 7.15. The molecule has 1 atom stereocenters. The van der Waals surface area contributed by atoms with Crippen LogP contribution in [0, 0.1) is 11.6 Å². The number of amidine groups is 1. The lowest BCUT2D eigenvalue weighted by Crippen LogP contribution is -2.11. The molecule has 2 N–H and O–H groups in total. The van der Waals surface area contributed by atoms with Crippen LogP contribution >= 0.6 is 0 Å². The standard InChI is InChI=1S/C10H10F2N2O/c11-8-2-1-6(4-9(8)12)3-7-5-15-10(13)14-7/h1-2,4,7H,3,5H2,(H2,13,14)/t7-/m0/s1. The van der Waals surface area contributed by atoms with E-state index in [0.29, 0.717) is 18.6 Å². The first kappa shape index (κ1) is 9.89. The smallest absolute Gasteiger partial charge is 0.282 e. The number of aliphatic imine (C=N–C) groups is 1. The van der Waals surface area contributed by atoms with E-state index in [1.54, 1.807) is 0 Å². The molecular weight excluding hydrogens is 202 g/mol. The summed E-state index contributed by atoms with van der Waals surface area (Å²) in [7, 11) is 0. The van der Waals surface area contributed by atoms with Crippen LogP contribution in [0.2, 0.25) is 0 Å². The maximum Gasteiger partial charge on any atom is 0.282 e. The van der Waals surface area contributed by atoms with Gasteiger partial charge < -0.3 is 10.5 Å². The Labute approximate surface area is 85.6 Å². The highest BCUT2D eigenvalue weighted by Gasteiger charge is 2.17. The predicted octanol–water partition coefficient (Wildman–Crippen LogP) is 1.22. The Morgan fingerprint density at radius 1 is 1.40 bits per heavy atom. The van der Waals surface area contributed by atoms with Crippen molar-refractivity contribution in [2.75, 3.05) is 6.61 Å². The Bertz CT molecular complexity index is 406. The highest BCUT2D eigenvalue weighted by atomic mass is 19.2. The molecule has 1 aromatic carbocycles. The summed E-state index contributed by atoms with van der Waals surface area (Å²) >= 11 is 0. The molecule has 0 saturated carbocycles. The van der Waals surface area contributed by atoms with Crippen molar-refractivity contribution in [2.24, 2.45) is 10.7 Å². The molecule has 1 aromatic rings. The zero-order chi connectivity index (χ0) is 10.8. The molecule has 0 fully saturated rings. The van der Waals surface area contributed by atoms with E-state index in [-0.39, 0.29) is 12.1 Å². The summed E-state index contributed by atoms with van der Waals surface area (Å²) in [6.45, 7) is 0.394. The van der Waals surface area contributed by atoms with Crippen LogP contribution < -0.4 is 5.73 Å². The Morgan fingerprint density at radius 3 is 2.80 bits per heavy atom. The van der Waals surface area contributed by atoms with E-state index < -0.39 is 11.6 Å². The third-order valence-electron chi connectivity index (χ3n) is 2.19. The van der Waals surface area contributed by atoms with E-state index in [4.69, 9.17) is 10.5 Å². The molecular formula is C10H10F2N2O. The van der Waals surface area contributed by atoms with Gasteiger partial charge in [0.2, 0.25) is 0 Å². The summed E-state index contributed by atoms with van der Waals surface area (Å²) in [5.41, 5.74) is 6.01. The molecule has 0 unspecified atom stereocenters. The van der Waals surface area contributed by atoms with Gasteiger partial charge in [0.25, 0.3) is 6.02 Å². The lowest BCUT2D eigenvalue weighted by molar-refractivity contribution is 0.312. The minimum absolute atomic E-state index is 0.102. The van der Waals surface area contributed by atoms with Crippen LogP contribution in [-0.2, 0) is 11.2 Å². The average molecular weight is 212 g/mol. The maximum atomic E-state index is 12.9. The molecule has 0 radical (unpaired) electrons. The van der Waals surface area contributed by atoms with Crippen molar-refractivity contribution in [2.45, 2.75) is 12.5 Å². The minimum Gasteiger partial charge on any atom is -0.463 e. The third-order valence-corrected chi connectivity index (χ3v) is 2.19. The van der Waals surface area contributed by atoms with Crippen molar-refractivity contribution < 1.29 is 13.5 Å². The SMILES string of the molecule is NC1=N[C@@H](Cc2ccc(F)c(F)c2)CO1. The van der Waals surface area contributed by atoms with Crippen LogP contribution in [0.3, 0.4) is 0 Å². The highest BCUT2D eigenvalue weighted by molar-refractivity contribution is 5.73. The first-order valence-electron chi connectivity index (χ1n) is 4.55. The normalized spacial score (nSPS) is 19.9. The number of benzene rings is 1. The van der Waals surface area contributed by atoms with Crippen molar-refractivity contribution in [3.05, 3.63) is 35.4 Å². The molecule has 0 aliphatic carbocycles. The van der Waals surface area contributed by atoms with E-state index in [2.05, 4.69) is 4.99 Å². The summed E-state index contributed by atoms with van der Waals surface area (Å²) in [5, 5.41) is 0. The molecule has 0 spiro atoms. The molecule has 0 bridgehead atoms. The number of ether oxygens (including phenoxy) is 1. The van der Waals surface area contributed by atoms with Crippen molar-refractivity contribution >= 4 is 6.02 Å². The summed E-state index contributed by atoms with van der Waals surface area (Å²) in [6.07, 6.45) is 0.498. The van der Waals surface area contributed by atoms with Gasteiger partial charge in [-0.2, -0.15) is 0 Å². The molecule has 5 heteroatoms. The van der Waals surface area contributed by atoms with Crippen molar-refractivity contribution in [1.82, 2.24) is 0 Å². The number of hydrogen-bond acceptors (Lipinski definition) is 3. The molecule has 80 valence electrons. The lowest BCUT2D eigenvalue weighted by Gasteiger charge is -2.05. The van der Waals surface area contributed by atoms with Crippen molar-refractivity contribution in [1.29, 1.82) is 0 Å². The number of rotatable bonds is 2. The fraction of sp³-hybridized carbons (Fsp3) is 0.300. The van der Waals surface area contributed by atoms with Crippen LogP contribution in [0.15, 0.2) is 23.2 Å². The molecule has 1 heterocycles. The largest absolute Gasteiger partial charge is 0.463 e. The maximum absolute atomic E-state index is 12.9. The molecule has 2 rings (SSSR count). The van der Waals surface area contributed by atoms with Crippen LogP contribution in [0.1, 0.15) is 5.56 Å². The van der Waals surface area contributed by atoms with Gasteiger partial charge in [-0.15, -0.1) is 0 Å². The van der Waals surface area contributed by atoms with Gasteiger partial charge in [0.05, 0.1) is 6.04 Å². The van der Waals surface area contributed by atoms with Gasteiger partial charge in [-0.25, -0.2) is 13.8 Å². The van der Waals surface area contributed by atoms with Crippen LogP contribution in [0.4, 0.5) is 8.78 Å². The van der Waals surface area contributed by atoms with Crippen molar-refractivity contribution in [3.8, 4) is 0 Å². The lowest BCUT2D eigenvalue weighted by atomic mass is 10.1. The second-order valence-corrected chi connectivity index (χ2v) is 3.38. The number of hydrogen-bond donors (Lipinski definition) is 1. The summed E-state index contributed by atoms with van der Waals surface area (Å²) in [4.78, 5) is 3.99. The second kappa shape index (κ2) is 3.84. The zero-order valence-electron chi connectivity index (χ0n) is 7.91. The molecule has 1 aliphatic rings. The van der Waals surface area contributed by atoms with Crippen LogP contribution in [-0.4, -0.2) is 18.7 Å². The Kier molecular flexibility index (Phi) is 2.53. The summed E-state index contributed by atoms with van der Waals surface area (Å²) in [5.74, 6) is -1.69. The van der Waals surface area contributed by atoms with Gasteiger partial charge in [-0.1, -0.05) is 6.07 Å². The predicted molar refractivity (Wildman–Crippen MR) is 51.4 cm³/mol. The monoisotopic (exact) mass is 212 g/mol. The van der Waals surface area contributed by atoms with E-state index in [0.717, 1.165) is 6.07 Å². The van der Waals surface area contributed by atoms with Gasteiger partial charge >= 0.3 is 0 Å². The average Bonchev–Trinajstić information content (AvgIpc) is 2.58. The second-order valence-electron chi connectivity index (χ2n) is 3.38. The summed E-state index contributed by atoms with van der Waals surface area (Å²) < 4.78 is 30.4. The van der Waals surface area contributed by atoms with E-state index in [9.17, 15) is 8.78 Å². The Morgan fingerprint density at radius 2 is 2.20 bits per heavy atom. The van der Waals surface area contributed by atoms with Crippen LogP contribution in [0.5, 0.6) is 0 Å². The third kappa shape index (κ3) is 2.23. The molecule has 0 aromatic heterocycles. The van der Waals surface area contributed by atoms with E-state index >= 15 is 0 Å². The van der Waals surface area contributed by atoms with Gasteiger partial charge in [0, 0.05) is 0 Å². The highest BCUT2D eigenvalue weighted by Crippen LogP contribution is 2.13. The van der Waals surface area contributed by atoms with E-state index in [1.165, 1.54) is 12.1 Å². The number of nitrogens with zero attached hydrogens (tertiary/aromatic N) is 1. The van der Waals surface area contributed by atoms with Gasteiger partial charge in [0.15, 0.2) is 11.6 Å². The molecule has 0 saturated heterocycles. The van der Waals surface area contributed by atoms with Crippen LogP contribution in [0.25, 0.3) is 0 Å². The first-order valence-corrected chi connectivity index (χ1v) is 4.55. The number of nitrogens with two attached hydrogens (primary N) is 1. The summed E-state index contributed by atoms with van der Waals surface area (Å²) in [6, 6.07) is 3.85. The van der Waals surface area contributed by atoms with Gasteiger partial charge in [0.1, 0.15) is 6.61 Å². The van der Waals surface area contributed by atoms with Crippen molar-refractivity contribution in [3.63, 3.8) is 0 Å². The fourth-order valence-electron chi connectivity index (χ4n) is 1.48.